The van der Waals surface area contributed by atoms with Crippen molar-refractivity contribution in [3.05, 3.63) is 94.8 Å². The van der Waals surface area contributed by atoms with E-state index < -0.39 is 30.0 Å². The van der Waals surface area contributed by atoms with Gasteiger partial charge in [-0.25, -0.2) is 4.39 Å². The van der Waals surface area contributed by atoms with Crippen molar-refractivity contribution in [1.82, 2.24) is 5.32 Å². The molecule has 0 aliphatic rings. The van der Waals surface area contributed by atoms with Crippen LogP contribution in [0.2, 0.25) is 0 Å². The highest BCUT2D eigenvalue weighted by molar-refractivity contribution is 5.94. The summed E-state index contributed by atoms with van der Waals surface area (Å²) in [7, 11) is 0. The van der Waals surface area contributed by atoms with E-state index in [4.69, 9.17) is 0 Å². The first-order valence-electron chi connectivity index (χ1n) is 11.5. The maximum absolute atomic E-state index is 13.5. The van der Waals surface area contributed by atoms with Gasteiger partial charge in [0.1, 0.15) is 5.82 Å². The molecule has 2 aromatic carbocycles. The number of rotatable bonds is 11. The highest BCUT2D eigenvalue weighted by Crippen LogP contribution is 2.28. The summed E-state index contributed by atoms with van der Waals surface area (Å²) in [4.78, 5) is 12.9. The van der Waals surface area contributed by atoms with Crippen LogP contribution in [0.1, 0.15) is 68.9 Å². The summed E-state index contributed by atoms with van der Waals surface area (Å²) in [6.07, 6.45) is 4.64. The molecule has 3 N–H and O–H groups in total. The second-order valence-corrected chi connectivity index (χ2v) is 8.87. The van der Waals surface area contributed by atoms with Gasteiger partial charge in [-0.05, 0) is 76.8 Å². The second kappa shape index (κ2) is 13.1. The lowest BCUT2D eigenvalue weighted by atomic mass is 9.85. The molecule has 0 heterocycles. The van der Waals surface area contributed by atoms with E-state index in [1.165, 1.54) is 23.3 Å². The number of allylic oxidation sites excluding steroid dienone is 4. The number of halogens is 1. The summed E-state index contributed by atoms with van der Waals surface area (Å²) < 4.78 is 13.5. The van der Waals surface area contributed by atoms with Gasteiger partial charge in [-0.2, -0.15) is 0 Å². The van der Waals surface area contributed by atoms with Crippen molar-refractivity contribution in [1.29, 1.82) is 0 Å². The van der Waals surface area contributed by atoms with Gasteiger partial charge < -0.3 is 15.5 Å². The van der Waals surface area contributed by atoms with E-state index in [-0.39, 0.29) is 5.91 Å². The quantitative estimate of drug-likeness (QED) is 0.380. The van der Waals surface area contributed by atoms with Crippen LogP contribution < -0.4 is 5.32 Å². The molecule has 2 rings (SSSR count). The molecule has 0 aliphatic carbocycles. The van der Waals surface area contributed by atoms with Crippen molar-refractivity contribution in [2.24, 2.45) is 5.92 Å². The van der Waals surface area contributed by atoms with E-state index in [1.807, 2.05) is 19.1 Å². The Morgan fingerprint density at radius 2 is 1.64 bits per heavy atom. The van der Waals surface area contributed by atoms with Crippen LogP contribution in [0.3, 0.4) is 0 Å². The number of amides is 1. The third-order valence-corrected chi connectivity index (χ3v) is 5.78. The van der Waals surface area contributed by atoms with Gasteiger partial charge >= 0.3 is 0 Å². The molecule has 33 heavy (non-hydrogen) atoms. The first kappa shape index (κ1) is 26.5. The zero-order valence-corrected chi connectivity index (χ0v) is 20.0. The van der Waals surface area contributed by atoms with Crippen LogP contribution in [-0.4, -0.2) is 28.3 Å². The van der Waals surface area contributed by atoms with Gasteiger partial charge in [0.25, 0.3) is 5.91 Å². The van der Waals surface area contributed by atoms with Gasteiger partial charge in [0.2, 0.25) is 0 Å². The highest BCUT2D eigenvalue weighted by atomic mass is 19.1. The number of aliphatic hydroxyl groups is 2. The normalized spacial score (nSPS) is 15.3. The number of aliphatic hydroxyl groups excluding tert-OH is 2. The second-order valence-electron chi connectivity index (χ2n) is 8.87. The zero-order chi connectivity index (χ0) is 24.4. The molecule has 5 heteroatoms. The van der Waals surface area contributed by atoms with Crippen molar-refractivity contribution in [2.45, 2.75) is 65.2 Å². The largest absolute Gasteiger partial charge is 0.393 e. The predicted octanol–water partition coefficient (Wildman–Crippen LogP) is 5.74. The topological polar surface area (TPSA) is 69.6 Å². The minimum Gasteiger partial charge on any atom is -0.393 e. The number of hydrogen-bond acceptors (Lipinski definition) is 3. The van der Waals surface area contributed by atoms with Gasteiger partial charge in [0.15, 0.2) is 0 Å². The lowest BCUT2D eigenvalue weighted by Crippen LogP contribution is -2.43. The summed E-state index contributed by atoms with van der Waals surface area (Å²) in [5.74, 6) is -1.26. The number of hydrogen-bond donors (Lipinski definition) is 3. The smallest absolute Gasteiger partial charge is 0.251 e. The molecule has 178 valence electrons. The first-order valence-corrected chi connectivity index (χ1v) is 11.5. The summed E-state index contributed by atoms with van der Waals surface area (Å²) >= 11 is 0. The average molecular weight is 454 g/mol. The summed E-state index contributed by atoms with van der Waals surface area (Å²) in [5, 5.41) is 24.7. The van der Waals surface area contributed by atoms with Crippen LogP contribution in [0.25, 0.3) is 0 Å². The Hall–Kier alpha value is -2.76. The Morgan fingerprint density at radius 3 is 2.21 bits per heavy atom. The van der Waals surface area contributed by atoms with Crippen molar-refractivity contribution >= 4 is 5.91 Å². The number of nitrogens with one attached hydrogen (secondary N) is 1. The van der Waals surface area contributed by atoms with E-state index in [2.05, 4.69) is 25.2 Å². The third kappa shape index (κ3) is 8.60. The van der Waals surface area contributed by atoms with Crippen LogP contribution in [0.4, 0.5) is 4.39 Å². The molecule has 2 aromatic rings. The highest BCUT2D eigenvalue weighted by Gasteiger charge is 2.32. The molecule has 4 nitrogen and oxygen atoms in total. The van der Waals surface area contributed by atoms with Crippen molar-refractivity contribution in [2.75, 3.05) is 0 Å². The first-order chi connectivity index (χ1) is 15.7. The molecule has 0 saturated carbocycles. The van der Waals surface area contributed by atoms with Gasteiger partial charge in [-0.3, -0.25) is 4.79 Å². The number of benzene rings is 2. The third-order valence-electron chi connectivity index (χ3n) is 5.78. The maximum atomic E-state index is 13.5. The Balaban J connectivity index is 2.25. The minimum absolute atomic E-state index is 0.346. The summed E-state index contributed by atoms with van der Waals surface area (Å²) in [6, 6.07) is 13.6. The van der Waals surface area contributed by atoms with Crippen LogP contribution >= 0.6 is 0 Å². The van der Waals surface area contributed by atoms with Crippen LogP contribution in [0.15, 0.2) is 77.9 Å². The number of carbonyl (C=O) groups excluding carboxylic acids is 1. The monoisotopic (exact) mass is 453 g/mol. The van der Waals surface area contributed by atoms with E-state index >= 15 is 0 Å². The molecule has 0 aromatic heterocycles. The Morgan fingerprint density at radius 1 is 1.00 bits per heavy atom. The SMILES string of the molecule is CC(C)=CCC/C(C)=C/CC(C(C)O)C(O)C(NC(=O)c1ccccc1)c1ccc(F)cc1. The standard InChI is InChI=1S/C28H36FNO3/c1-19(2)9-8-10-20(3)13-18-25(21(4)31)27(32)26(22-14-16-24(29)17-15-22)30-28(33)23-11-6-5-7-12-23/h5-7,9,11-17,21,25-27,31-32H,8,10,18H2,1-4H3,(H,30,33)/b20-13+. The van der Waals surface area contributed by atoms with E-state index in [0.29, 0.717) is 17.5 Å². The van der Waals surface area contributed by atoms with E-state index in [1.54, 1.807) is 43.3 Å². The molecule has 0 saturated heterocycles. The Bertz CT molecular complexity index is 931. The molecule has 0 aliphatic heterocycles. The van der Waals surface area contributed by atoms with E-state index in [9.17, 15) is 19.4 Å². The van der Waals surface area contributed by atoms with Crippen LogP contribution in [0, 0.1) is 11.7 Å². The molecular weight excluding hydrogens is 417 g/mol. The lowest BCUT2D eigenvalue weighted by molar-refractivity contribution is 0.00148. The molecule has 0 fully saturated rings. The zero-order valence-electron chi connectivity index (χ0n) is 20.0. The van der Waals surface area contributed by atoms with Crippen molar-refractivity contribution < 1.29 is 19.4 Å². The molecule has 0 spiro atoms. The number of carbonyl (C=O) groups is 1. The van der Waals surface area contributed by atoms with Gasteiger partial charge in [-0.1, -0.05) is 53.6 Å². The van der Waals surface area contributed by atoms with Crippen molar-refractivity contribution in [3.63, 3.8) is 0 Å². The molecule has 1 amide bonds. The fourth-order valence-electron chi connectivity index (χ4n) is 3.75. The molecular formula is C28H36FNO3. The van der Waals surface area contributed by atoms with Gasteiger partial charge in [0.05, 0.1) is 18.2 Å². The summed E-state index contributed by atoms with van der Waals surface area (Å²) in [6.45, 7) is 7.82. The van der Waals surface area contributed by atoms with Gasteiger partial charge in [-0.15, -0.1) is 0 Å². The molecule has 0 radical (unpaired) electrons. The van der Waals surface area contributed by atoms with Crippen LogP contribution in [-0.2, 0) is 0 Å². The minimum atomic E-state index is -1.08. The molecule has 0 bridgehead atoms. The molecule has 4 unspecified atom stereocenters. The van der Waals surface area contributed by atoms with Gasteiger partial charge in [0, 0.05) is 11.5 Å². The van der Waals surface area contributed by atoms with E-state index in [0.717, 1.165) is 12.8 Å². The predicted molar refractivity (Wildman–Crippen MR) is 131 cm³/mol. The van der Waals surface area contributed by atoms with Crippen LogP contribution in [0.5, 0.6) is 0 Å². The Labute approximate surface area is 196 Å². The Kier molecular flexibility index (Phi) is 10.5. The van der Waals surface area contributed by atoms with Crippen molar-refractivity contribution in [3.8, 4) is 0 Å². The fraction of sp³-hybridized carbons (Fsp3) is 0.393. The summed E-state index contributed by atoms with van der Waals surface area (Å²) in [5.41, 5.74) is 3.48. The molecule has 4 atom stereocenters. The maximum Gasteiger partial charge on any atom is 0.251 e. The fourth-order valence-corrected chi connectivity index (χ4v) is 3.75. The average Bonchev–Trinajstić information content (AvgIpc) is 2.78. The lowest BCUT2D eigenvalue weighted by Gasteiger charge is -2.32.